The van der Waals surface area contributed by atoms with Crippen LogP contribution in [-0.2, 0) is 5.75 Å². The number of fused-ring (bicyclic) bond motifs is 1. The molecule has 0 spiro atoms. The maximum Gasteiger partial charge on any atom is 0.166 e. The first-order chi connectivity index (χ1) is 9.74. The van der Waals surface area contributed by atoms with E-state index in [9.17, 15) is 0 Å². The Morgan fingerprint density at radius 1 is 1.35 bits per heavy atom. The minimum absolute atomic E-state index is 0.675. The Balaban J connectivity index is 1.75. The Kier molecular flexibility index (Phi) is 4.33. The quantitative estimate of drug-likeness (QED) is 0.638. The van der Waals surface area contributed by atoms with Gasteiger partial charge in [0.1, 0.15) is 5.75 Å². The van der Waals surface area contributed by atoms with Gasteiger partial charge in [-0.2, -0.15) is 0 Å². The number of rotatable bonds is 5. The van der Waals surface area contributed by atoms with Crippen LogP contribution in [0.2, 0.25) is 0 Å². The SMILES string of the molecule is CCOc1ccc2nc(SCc3ccc(Br)s3)[nH]c2c1. The number of nitrogens with zero attached hydrogens (tertiary/aromatic N) is 1. The summed E-state index contributed by atoms with van der Waals surface area (Å²) in [6, 6.07) is 10.2. The number of thioether (sulfide) groups is 1. The highest BCUT2D eigenvalue weighted by molar-refractivity contribution is 9.11. The average Bonchev–Trinajstić information content (AvgIpc) is 3.02. The van der Waals surface area contributed by atoms with Crippen LogP contribution in [0.1, 0.15) is 11.8 Å². The van der Waals surface area contributed by atoms with Crippen molar-refractivity contribution in [1.29, 1.82) is 0 Å². The highest BCUT2D eigenvalue weighted by Crippen LogP contribution is 2.29. The monoisotopic (exact) mass is 368 g/mol. The molecule has 0 saturated carbocycles. The van der Waals surface area contributed by atoms with E-state index in [0.717, 1.165) is 27.7 Å². The lowest BCUT2D eigenvalue weighted by Gasteiger charge is -2.00. The van der Waals surface area contributed by atoms with Gasteiger partial charge < -0.3 is 9.72 Å². The molecule has 0 aliphatic heterocycles. The van der Waals surface area contributed by atoms with E-state index in [1.807, 2.05) is 25.1 Å². The lowest BCUT2D eigenvalue weighted by molar-refractivity contribution is 0.340. The van der Waals surface area contributed by atoms with Gasteiger partial charge in [0.05, 0.1) is 21.4 Å². The van der Waals surface area contributed by atoms with Gasteiger partial charge in [0.15, 0.2) is 5.16 Å². The van der Waals surface area contributed by atoms with E-state index < -0.39 is 0 Å². The number of imidazole rings is 1. The molecule has 0 atom stereocenters. The topological polar surface area (TPSA) is 37.9 Å². The number of H-pyrrole nitrogens is 1. The molecule has 3 aromatic rings. The van der Waals surface area contributed by atoms with E-state index in [-0.39, 0.29) is 0 Å². The molecule has 0 aliphatic rings. The number of ether oxygens (including phenoxy) is 1. The van der Waals surface area contributed by atoms with Crippen molar-refractivity contribution < 1.29 is 4.74 Å². The molecule has 1 N–H and O–H groups in total. The van der Waals surface area contributed by atoms with E-state index in [2.05, 4.69) is 38.0 Å². The lowest BCUT2D eigenvalue weighted by Crippen LogP contribution is -1.90. The van der Waals surface area contributed by atoms with Gasteiger partial charge in [-0.15, -0.1) is 11.3 Å². The maximum atomic E-state index is 5.50. The van der Waals surface area contributed by atoms with E-state index in [0.29, 0.717) is 6.61 Å². The zero-order valence-electron chi connectivity index (χ0n) is 10.9. The molecule has 0 radical (unpaired) electrons. The van der Waals surface area contributed by atoms with E-state index in [1.165, 1.54) is 8.66 Å². The first-order valence-corrected chi connectivity index (χ1v) is 8.83. The van der Waals surface area contributed by atoms with Crippen molar-refractivity contribution in [2.75, 3.05) is 6.61 Å². The molecule has 104 valence electrons. The molecule has 3 rings (SSSR count). The maximum absolute atomic E-state index is 5.50. The lowest BCUT2D eigenvalue weighted by atomic mass is 10.3. The second-order valence-corrected chi connectivity index (χ2v) is 7.66. The fourth-order valence-electron chi connectivity index (χ4n) is 1.86. The molecule has 0 fully saturated rings. The third kappa shape index (κ3) is 3.19. The number of aromatic amines is 1. The third-order valence-corrected chi connectivity index (χ3v) is 5.45. The predicted molar refractivity (Wildman–Crippen MR) is 88.8 cm³/mol. The Morgan fingerprint density at radius 2 is 2.25 bits per heavy atom. The molecular formula is C14H13BrN2OS2. The second kappa shape index (κ2) is 6.20. The summed E-state index contributed by atoms with van der Waals surface area (Å²) in [5.74, 6) is 1.80. The highest BCUT2D eigenvalue weighted by Gasteiger charge is 2.06. The average molecular weight is 369 g/mol. The van der Waals surface area contributed by atoms with Crippen LogP contribution in [0.3, 0.4) is 0 Å². The number of aromatic nitrogens is 2. The van der Waals surface area contributed by atoms with Crippen molar-refractivity contribution in [2.45, 2.75) is 17.8 Å². The normalized spacial score (nSPS) is 11.1. The second-order valence-electron chi connectivity index (χ2n) is 4.15. The number of nitrogens with one attached hydrogen (secondary N) is 1. The van der Waals surface area contributed by atoms with Gasteiger partial charge in [-0.05, 0) is 47.1 Å². The summed E-state index contributed by atoms with van der Waals surface area (Å²) in [7, 11) is 0. The standard InChI is InChI=1S/C14H13BrN2OS2/c1-2-18-9-3-5-11-12(7-9)17-14(16-11)19-8-10-4-6-13(15)20-10/h3-7H,2,8H2,1H3,(H,16,17). The van der Waals surface area contributed by atoms with Crippen LogP contribution in [0.15, 0.2) is 39.3 Å². The van der Waals surface area contributed by atoms with Gasteiger partial charge in [-0.3, -0.25) is 0 Å². The molecule has 20 heavy (non-hydrogen) atoms. The van der Waals surface area contributed by atoms with Crippen LogP contribution >= 0.6 is 39.0 Å². The Labute approximate surface area is 133 Å². The third-order valence-electron chi connectivity index (χ3n) is 2.72. The first-order valence-electron chi connectivity index (χ1n) is 6.24. The van der Waals surface area contributed by atoms with Crippen LogP contribution in [0, 0.1) is 0 Å². The number of hydrogen-bond acceptors (Lipinski definition) is 4. The molecule has 0 amide bonds. The Bertz CT molecular complexity index is 723. The van der Waals surface area contributed by atoms with Gasteiger partial charge in [-0.25, -0.2) is 4.98 Å². The minimum atomic E-state index is 0.675. The van der Waals surface area contributed by atoms with Crippen LogP contribution in [-0.4, -0.2) is 16.6 Å². The van der Waals surface area contributed by atoms with Crippen molar-refractivity contribution in [3.63, 3.8) is 0 Å². The highest BCUT2D eigenvalue weighted by atomic mass is 79.9. The summed E-state index contributed by atoms with van der Waals surface area (Å²) in [6.45, 7) is 2.66. The Hall–Kier alpha value is -0.980. The molecule has 0 unspecified atom stereocenters. The van der Waals surface area contributed by atoms with E-state index in [4.69, 9.17) is 4.74 Å². The summed E-state index contributed by atoms with van der Waals surface area (Å²) >= 11 is 6.95. The van der Waals surface area contributed by atoms with Gasteiger partial charge >= 0.3 is 0 Å². The Morgan fingerprint density at radius 3 is 3.00 bits per heavy atom. The van der Waals surface area contributed by atoms with E-state index >= 15 is 0 Å². The first kappa shape index (κ1) is 14.0. The molecule has 6 heteroatoms. The van der Waals surface area contributed by atoms with Gasteiger partial charge in [0.25, 0.3) is 0 Å². The van der Waals surface area contributed by atoms with Crippen molar-refractivity contribution in [3.8, 4) is 5.75 Å². The van der Waals surface area contributed by atoms with Crippen LogP contribution in [0.25, 0.3) is 11.0 Å². The number of hydrogen-bond donors (Lipinski definition) is 1. The summed E-state index contributed by atoms with van der Waals surface area (Å²) in [5.41, 5.74) is 1.99. The van der Waals surface area contributed by atoms with Crippen LogP contribution in [0.4, 0.5) is 0 Å². The fourth-order valence-corrected chi connectivity index (χ4v) is 4.27. The minimum Gasteiger partial charge on any atom is -0.494 e. The molecule has 0 bridgehead atoms. The van der Waals surface area contributed by atoms with Crippen molar-refractivity contribution >= 4 is 50.1 Å². The van der Waals surface area contributed by atoms with Crippen molar-refractivity contribution in [1.82, 2.24) is 9.97 Å². The number of halogens is 1. The van der Waals surface area contributed by atoms with Gasteiger partial charge in [0, 0.05) is 16.7 Å². The van der Waals surface area contributed by atoms with Crippen LogP contribution < -0.4 is 4.74 Å². The zero-order valence-corrected chi connectivity index (χ0v) is 14.1. The molecule has 1 aromatic carbocycles. The fraction of sp³-hybridized carbons (Fsp3) is 0.214. The molecule has 3 nitrogen and oxygen atoms in total. The summed E-state index contributed by atoms with van der Waals surface area (Å²) in [6.07, 6.45) is 0. The zero-order chi connectivity index (χ0) is 13.9. The smallest absolute Gasteiger partial charge is 0.166 e. The number of benzene rings is 1. The van der Waals surface area contributed by atoms with Crippen LogP contribution in [0.5, 0.6) is 5.75 Å². The van der Waals surface area contributed by atoms with Crippen molar-refractivity contribution in [2.24, 2.45) is 0 Å². The summed E-state index contributed by atoms with van der Waals surface area (Å²) in [4.78, 5) is 9.25. The van der Waals surface area contributed by atoms with Gasteiger partial charge in [-0.1, -0.05) is 11.8 Å². The molecule has 0 saturated heterocycles. The predicted octanol–water partition coefficient (Wildman–Crippen LogP) is 5.08. The van der Waals surface area contributed by atoms with Crippen molar-refractivity contribution in [3.05, 3.63) is 39.0 Å². The molecule has 0 aliphatic carbocycles. The summed E-state index contributed by atoms with van der Waals surface area (Å²) < 4.78 is 6.66. The molecule has 2 aromatic heterocycles. The van der Waals surface area contributed by atoms with E-state index in [1.54, 1.807) is 23.1 Å². The number of thiophene rings is 1. The van der Waals surface area contributed by atoms with Gasteiger partial charge in [0.2, 0.25) is 0 Å². The summed E-state index contributed by atoms with van der Waals surface area (Å²) in [5, 5.41) is 0.943. The largest absolute Gasteiger partial charge is 0.494 e. The molecule has 2 heterocycles. The molecular weight excluding hydrogens is 356 g/mol.